The van der Waals surface area contributed by atoms with Crippen LogP contribution in [0.4, 0.5) is 0 Å². The number of para-hydroxylation sites is 2. The van der Waals surface area contributed by atoms with E-state index in [0.29, 0.717) is 6.04 Å². The molecule has 1 aromatic carbocycles. The van der Waals surface area contributed by atoms with E-state index in [2.05, 4.69) is 27.4 Å². The molecule has 0 unspecified atom stereocenters. The number of rotatable bonds is 1. The van der Waals surface area contributed by atoms with E-state index in [9.17, 15) is 0 Å². The maximum atomic E-state index is 4.63. The molecule has 1 aromatic heterocycles. The number of benzene rings is 1. The average molecular weight is 199 g/mol. The van der Waals surface area contributed by atoms with Gasteiger partial charge in [0.1, 0.15) is 5.82 Å². The maximum Gasteiger partial charge on any atom is 0.124 e. The Balaban J connectivity index is 1.75. The minimum Gasteiger partial charge on any atom is -0.341 e. The third kappa shape index (κ3) is 1.13. The monoisotopic (exact) mass is 199 g/mol. The third-order valence-corrected chi connectivity index (χ3v) is 3.61. The Morgan fingerprint density at radius 1 is 1.20 bits per heavy atom. The Kier molecular flexibility index (Phi) is 1.37. The zero-order valence-electron chi connectivity index (χ0n) is 8.40. The van der Waals surface area contributed by atoms with Crippen molar-refractivity contribution in [1.82, 2.24) is 15.3 Å². The molecule has 3 heteroatoms. The number of fused-ring (bicyclic) bond motifs is 2. The lowest BCUT2D eigenvalue weighted by atomic mass is 10.2. The van der Waals surface area contributed by atoms with Crippen molar-refractivity contribution in [3.05, 3.63) is 30.1 Å². The largest absolute Gasteiger partial charge is 0.341 e. The molecular weight excluding hydrogens is 186 g/mol. The minimum atomic E-state index is 0.459. The van der Waals surface area contributed by atoms with Crippen molar-refractivity contribution in [1.29, 1.82) is 0 Å². The van der Waals surface area contributed by atoms with Crippen LogP contribution in [0.15, 0.2) is 24.3 Å². The van der Waals surface area contributed by atoms with Crippen molar-refractivity contribution < 1.29 is 0 Å². The summed E-state index contributed by atoms with van der Waals surface area (Å²) in [7, 11) is 0. The molecule has 1 aliphatic carbocycles. The topological polar surface area (TPSA) is 40.7 Å². The molecule has 2 N–H and O–H groups in total. The summed E-state index contributed by atoms with van der Waals surface area (Å²) in [5.74, 6) is 2.03. The molecule has 2 fully saturated rings. The van der Waals surface area contributed by atoms with E-state index < -0.39 is 0 Å². The predicted molar refractivity (Wildman–Crippen MR) is 58.5 cm³/mol. The highest BCUT2D eigenvalue weighted by Crippen LogP contribution is 2.45. The summed E-state index contributed by atoms with van der Waals surface area (Å²) in [4.78, 5) is 8.04. The fourth-order valence-electron chi connectivity index (χ4n) is 2.67. The standard InChI is InChI=1S/C12H13N3/c1-2-4-9-8(3-1)14-12(15-9)11-6-7-5-10(7)13-11/h1-4,7,10-11,13H,5-6H2,(H,14,15)/t7-,10-,11+/m1/s1. The summed E-state index contributed by atoms with van der Waals surface area (Å²) in [5, 5.41) is 3.61. The van der Waals surface area contributed by atoms with E-state index in [1.54, 1.807) is 0 Å². The zero-order valence-corrected chi connectivity index (χ0v) is 8.40. The Labute approximate surface area is 87.9 Å². The maximum absolute atomic E-state index is 4.63. The second-order valence-corrected chi connectivity index (χ2v) is 4.70. The number of aromatic nitrogens is 2. The number of nitrogens with zero attached hydrogens (tertiary/aromatic N) is 1. The van der Waals surface area contributed by atoms with Crippen molar-refractivity contribution in [2.24, 2.45) is 5.92 Å². The van der Waals surface area contributed by atoms with Gasteiger partial charge < -0.3 is 10.3 Å². The van der Waals surface area contributed by atoms with Gasteiger partial charge in [0.15, 0.2) is 0 Å². The molecule has 0 bridgehead atoms. The molecule has 2 aliphatic rings. The van der Waals surface area contributed by atoms with Crippen LogP contribution in [-0.2, 0) is 0 Å². The summed E-state index contributed by atoms with van der Waals surface area (Å²) in [6.45, 7) is 0. The van der Waals surface area contributed by atoms with Crippen LogP contribution < -0.4 is 5.32 Å². The Hall–Kier alpha value is -1.35. The number of hydrogen-bond donors (Lipinski definition) is 2. The van der Waals surface area contributed by atoms with Gasteiger partial charge in [-0.3, -0.25) is 0 Å². The van der Waals surface area contributed by atoms with Crippen LogP contribution >= 0.6 is 0 Å². The van der Waals surface area contributed by atoms with Crippen LogP contribution in [-0.4, -0.2) is 16.0 Å². The smallest absolute Gasteiger partial charge is 0.124 e. The summed E-state index contributed by atoms with van der Waals surface area (Å²) >= 11 is 0. The highest BCUT2D eigenvalue weighted by molar-refractivity contribution is 5.74. The van der Waals surface area contributed by atoms with Crippen molar-refractivity contribution in [3.8, 4) is 0 Å². The number of piperidine rings is 1. The highest BCUT2D eigenvalue weighted by atomic mass is 15.1. The first-order valence-corrected chi connectivity index (χ1v) is 5.61. The van der Waals surface area contributed by atoms with E-state index >= 15 is 0 Å². The van der Waals surface area contributed by atoms with Gasteiger partial charge in [0, 0.05) is 6.04 Å². The van der Waals surface area contributed by atoms with Gasteiger partial charge in [-0.05, 0) is 30.9 Å². The zero-order chi connectivity index (χ0) is 9.83. The van der Waals surface area contributed by atoms with Crippen LogP contribution in [0.3, 0.4) is 0 Å². The van der Waals surface area contributed by atoms with E-state index in [-0.39, 0.29) is 0 Å². The molecule has 1 saturated heterocycles. The lowest BCUT2D eigenvalue weighted by Crippen LogP contribution is -2.18. The molecule has 15 heavy (non-hydrogen) atoms. The van der Waals surface area contributed by atoms with Crippen LogP contribution in [0.1, 0.15) is 24.7 Å². The second kappa shape index (κ2) is 2.61. The molecule has 76 valence electrons. The van der Waals surface area contributed by atoms with Gasteiger partial charge in [0.2, 0.25) is 0 Å². The number of hydrogen-bond acceptors (Lipinski definition) is 2. The predicted octanol–water partition coefficient (Wildman–Crippen LogP) is 1.99. The molecule has 3 nitrogen and oxygen atoms in total. The highest BCUT2D eigenvalue weighted by Gasteiger charge is 2.46. The van der Waals surface area contributed by atoms with E-state index in [0.717, 1.165) is 28.8 Å². The lowest BCUT2D eigenvalue weighted by Gasteiger charge is -2.08. The molecule has 4 rings (SSSR count). The number of aromatic amines is 1. The molecule has 3 atom stereocenters. The quantitative estimate of drug-likeness (QED) is 0.737. The Bertz CT molecular complexity index is 473. The molecule has 2 aromatic rings. The van der Waals surface area contributed by atoms with Crippen molar-refractivity contribution >= 4 is 11.0 Å². The summed E-state index contributed by atoms with van der Waals surface area (Å²) < 4.78 is 0. The van der Waals surface area contributed by atoms with Gasteiger partial charge in [-0.2, -0.15) is 0 Å². The van der Waals surface area contributed by atoms with Crippen molar-refractivity contribution in [3.63, 3.8) is 0 Å². The van der Waals surface area contributed by atoms with Gasteiger partial charge in [0.05, 0.1) is 17.1 Å². The van der Waals surface area contributed by atoms with Crippen LogP contribution in [0.5, 0.6) is 0 Å². The van der Waals surface area contributed by atoms with Gasteiger partial charge in [-0.15, -0.1) is 0 Å². The van der Waals surface area contributed by atoms with Gasteiger partial charge in [-0.1, -0.05) is 12.1 Å². The van der Waals surface area contributed by atoms with Crippen LogP contribution in [0, 0.1) is 5.92 Å². The number of imidazole rings is 1. The normalized spacial score (nSPS) is 33.2. The molecule has 1 aliphatic heterocycles. The lowest BCUT2D eigenvalue weighted by molar-refractivity contribution is 0.544. The number of nitrogens with one attached hydrogen (secondary N) is 2. The van der Waals surface area contributed by atoms with Crippen LogP contribution in [0.2, 0.25) is 0 Å². The first kappa shape index (κ1) is 7.88. The Morgan fingerprint density at radius 3 is 2.93 bits per heavy atom. The molecule has 0 amide bonds. The van der Waals surface area contributed by atoms with Crippen LogP contribution in [0.25, 0.3) is 11.0 Å². The van der Waals surface area contributed by atoms with E-state index in [1.807, 2.05) is 12.1 Å². The molecular formula is C12H13N3. The average Bonchev–Trinajstić information content (AvgIpc) is 2.76. The summed E-state index contributed by atoms with van der Waals surface area (Å²) in [5.41, 5.74) is 2.23. The molecule has 0 radical (unpaired) electrons. The third-order valence-electron chi connectivity index (χ3n) is 3.61. The first-order valence-electron chi connectivity index (χ1n) is 5.61. The van der Waals surface area contributed by atoms with Crippen molar-refractivity contribution in [2.75, 3.05) is 0 Å². The first-order chi connectivity index (χ1) is 7.40. The van der Waals surface area contributed by atoms with Crippen molar-refractivity contribution in [2.45, 2.75) is 24.9 Å². The SMILES string of the molecule is c1ccc2[nH]c([C@@H]3C[C@H]4C[C@H]4N3)nc2c1. The summed E-state index contributed by atoms with van der Waals surface area (Å²) in [6, 6.07) is 9.47. The van der Waals surface area contributed by atoms with Gasteiger partial charge in [0.25, 0.3) is 0 Å². The van der Waals surface area contributed by atoms with Gasteiger partial charge in [-0.25, -0.2) is 4.98 Å². The van der Waals surface area contributed by atoms with E-state index in [1.165, 1.54) is 12.8 Å². The molecule has 2 heterocycles. The van der Waals surface area contributed by atoms with Gasteiger partial charge >= 0.3 is 0 Å². The fraction of sp³-hybridized carbons (Fsp3) is 0.417. The Morgan fingerprint density at radius 2 is 2.13 bits per heavy atom. The fourth-order valence-corrected chi connectivity index (χ4v) is 2.67. The number of H-pyrrole nitrogens is 1. The van der Waals surface area contributed by atoms with E-state index in [4.69, 9.17) is 0 Å². The molecule has 0 spiro atoms. The summed E-state index contributed by atoms with van der Waals surface area (Å²) in [6.07, 6.45) is 2.63. The second-order valence-electron chi connectivity index (χ2n) is 4.70. The molecule has 1 saturated carbocycles. The minimum absolute atomic E-state index is 0.459.